The van der Waals surface area contributed by atoms with Crippen LogP contribution in [0.3, 0.4) is 0 Å². The molecule has 0 radical (unpaired) electrons. The minimum absolute atomic E-state index is 0.286. The molecule has 23 heavy (non-hydrogen) atoms. The second-order valence-corrected chi connectivity index (χ2v) is 7.17. The molecule has 3 rings (SSSR count). The van der Waals surface area contributed by atoms with Crippen molar-refractivity contribution in [1.82, 2.24) is 9.80 Å². The first-order chi connectivity index (χ1) is 11.3. The van der Waals surface area contributed by atoms with E-state index in [1.54, 1.807) is 11.3 Å². The first kappa shape index (κ1) is 16.2. The van der Waals surface area contributed by atoms with Gasteiger partial charge in [-0.15, -0.1) is 11.3 Å². The maximum absolute atomic E-state index is 12.6. The highest BCUT2D eigenvalue weighted by Crippen LogP contribution is 2.20. The van der Waals surface area contributed by atoms with E-state index in [4.69, 9.17) is 0 Å². The predicted molar refractivity (Wildman–Crippen MR) is 95.3 cm³/mol. The lowest BCUT2D eigenvalue weighted by molar-refractivity contribution is -0.133. The largest absolute Gasteiger partial charge is 0.334 e. The smallest absolute Gasteiger partial charge is 0.224 e. The van der Waals surface area contributed by atoms with Gasteiger partial charge in [0.25, 0.3) is 0 Å². The predicted octanol–water partition coefficient (Wildman–Crippen LogP) is 3.76. The number of thiophene rings is 1. The van der Waals surface area contributed by atoms with E-state index in [1.807, 2.05) is 18.2 Å². The molecule has 0 spiro atoms. The van der Waals surface area contributed by atoms with Crippen molar-refractivity contribution in [2.45, 2.75) is 38.9 Å². The molecule has 1 aliphatic heterocycles. The standard InChI is InChI=1S/C19H24N2OS/c1-2-17-14-20(15-18-9-6-12-23-18)11-10-19(22)21(17)13-16-7-4-3-5-8-16/h3-9,12,17H,2,10-11,13-15H2,1H3/t17-/m1/s1. The molecule has 2 aromatic rings. The second kappa shape index (κ2) is 7.75. The van der Waals surface area contributed by atoms with E-state index in [-0.39, 0.29) is 5.91 Å². The lowest BCUT2D eigenvalue weighted by Crippen LogP contribution is -2.42. The van der Waals surface area contributed by atoms with Crippen molar-refractivity contribution < 1.29 is 4.79 Å². The van der Waals surface area contributed by atoms with Gasteiger partial charge in [-0.2, -0.15) is 0 Å². The monoisotopic (exact) mass is 328 g/mol. The molecule has 1 aromatic carbocycles. The summed E-state index contributed by atoms with van der Waals surface area (Å²) in [6, 6.07) is 14.9. The number of hydrogen-bond donors (Lipinski definition) is 0. The van der Waals surface area contributed by atoms with Gasteiger partial charge in [0.2, 0.25) is 5.91 Å². The quantitative estimate of drug-likeness (QED) is 0.834. The average molecular weight is 328 g/mol. The molecule has 0 bridgehead atoms. The Kier molecular flexibility index (Phi) is 5.47. The first-order valence-corrected chi connectivity index (χ1v) is 9.22. The number of carbonyl (C=O) groups excluding carboxylic acids is 1. The summed E-state index contributed by atoms with van der Waals surface area (Å²) in [5.74, 6) is 0.286. The van der Waals surface area contributed by atoms with Gasteiger partial charge in [0, 0.05) is 43.5 Å². The zero-order valence-electron chi connectivity index (χ0n) is 13.6. The molecule has 1 aliphatic rings. The van der Waals surface area contributed by atoms with Gasteiger partial charge in [0.15, 0.2) is 0 Å². The van der Waals surface area contributed by atoms with Crippen LogP contribution >= 0.6 is 11.3 Å². The van der Waals surface area contributed by atoms with Crippen LogP contribution in [0.2, 0.25) is 0 Å². The van der Waals surface area contributed by atoms with Crippen molar-refractivity contribution >= 4 is 17.2 Å². The van der Waals surface area contributed by atoms with Gasteiger partial charge in [-0.25, -0.2) is 0 Å². The maximum atomic E-state index is 12.6. The van der Waals surface area contributed by atoms with Gasteiger partial charge < -0.3 is 4.90 Å². The Morgan fingerprint density at radius 2 is 1.96 bits per heavy atom. The van der Waals surface area contributed by atoms with Crippen LogP contribution in [-0.2, 0) is 17.9 Å². The second-order valence-electron chi connectivity index (χ2n) is 6.13. The number of amides is 1. The number of nitrogens with zero attached hydrogens (tertiary/aromatic N) is 2. The highest BCUT2D eigenvalue weighted by atomic mass is 32.1. The summed E-state index contributed by atoms with van der Waals surface area (Å²) in [4.78, 5) is 18.5. The third kappa shape index (κ3) is 4.21. The minimum Gasteiger partial charge on any atom is -0.334 e. The highest BCUT2D eigenvalue weighted by Gasteiger charge is 2.28. The molecular formula is C19H24N2OS. The maximum Gasteiger partial charge on any atom is 0.224 e. The van der Waals surface area contributed by atoms with Gasteiger partial charge in [0.05, 0.1) is 0 Å². The van der Waals surface area contributed by atoms with Gasteiger partial charge in [-0.1, -0.05) is 43.3 Å². The van der Waals surface area contributed by atoms with E-state index in [2.05, 4.69) is 46.4 Å². The fraction of sp³-hybridized carbons (Fsp3) is 0.421. The van der Waals surface area contributed by atoms with Crippen LogP contribution in [0.25, 0.3) is 0 Å². The summed E-state index contributed by atoms with van der Waals surface area (Å²) < 4.78 is 0. The molecule has 1 aromatic heterocycles. The van der Waals surface area contributed by atoms with Crippen molar-refractivity contribution in [1.29, 1.82) is 0 Å². The fourth-order valence-electron chi connectivity index (χ4n) is 3.20. The molecule has 1 fully saturated rings. The van der Waals surface area contributed by atoms with E-state index < -0.39 is 0 Å². The normalized spacial score (nSPS) is 19.8. The first-order valence-electron chi connectivity index (χ1n) is 8.34. The van der Waals surface area contributed by atoms with E-state index in [0.29, 0.717) is 12.5 Å². The van der Waals surface area contributed by atoms with Crippen molar-refractivity contribution in [2.24, 2.45) is 0 Å². The Bertz CT molecular complexity index is 612. The van der Waals surface area contributed by atoms with Crippen LogP contribution in [0.1, 0.15) is 30.2 Å². The number of benzene rings is 1. The zero-order valence-corrected chi connectivity index (χ0v) is 14.5. The average Bonchev–Trinajstić information content (AvgIpc) is 3.04. The summed E-state index contributed by atoms with van der Waals surface area (Å²) in [5.41, 5.74) is 1.21. The molecule has 1 atom stereocenters. The van der Waals surface area contributed by atoms with Crippen LogP contribution < -0.4 is 0 Å². The summed E-state index contributed by atoms with van der Waals surface area (Å²) >= 11 is 1.80. The number of carbonyl (C=O) groups is 1. The zero-order chi connectivity index (χ0) is 16.1. The van der Waals surface area contributed by atoms with E-state index in [1.165, 1.54) is 10.4 Å². The highest BCUT2D eigenvalue weighted by molar-refractivity contribution is 7.09. The third-order valence-corrected chi connectivity index (χ3v) is 5.36. The van der Waals surface area contributed by atoms with Crippen molar-refractivity contribution in [3.8, 4) is 0 Å². The molecule has 0 unspecified atom stereocenters. The molecular weight excluding hydrogens is 304 g/mol. The lowest BCUT2D eigenvalue weighted by Gasteiger charge is -2.31. The minimum atomic E-state index is 0.286. The Hall–Kier alpha value is -1.65. The van der Waals surface area contributed by atoms with Crippen LogP contribution in [0, 0.1) is 0 Å². The van der Waals surface area contributed by atoms with E-state index in [0.717, 1.165) is 32.6 Å². The molecule has 3 nitrogen and oxygen atoms in total. The van der Waals surface area contributed by atoms with Crippen LogP contribution in [0.4, 0.5) is 0 Å². The van der Waals surface area contributed by atoms with Gasteiger partial charge in [0.1, 0.15) is 0 Å². The molecule has 0 saturated carbocycles. The molecule has 0 N–H and O–H groups in total. The summed E-state index contributed by atoms with van der Waals surface area (Å²) in [7, 11) is 0. The van der Waals surface area contributed by atoms with Crippen molar-refractivity contribution in [2.75, 3.05) is 13.1 Å². The molecule has 0 aliphatic carbocycles. The molecule has 122 valence electrons. The SMILES string of the molecule is CC[C@@H]1CN(Cc2cccs2)CCC(=O)N1Cc1ccccc1. The van der Waals surface area contributed by atoms with E-state index in [9.17, 15) is 4.79 Å². The lowest BCUT2D eigenvalue weighted by atomic mass is 10.1. The van der Waals surface area contributed by atoms with Crippen molar-refractivity contribution in [3.63, 3.8) is 0 Å². The summed E-state index contributed by atoms with van der Waals surface area (Å²) in [5, 5.41) is 2.12. The fourth-order valence-corrected chi connectivity index (χ4v) is 3.95. The Balaban J connectivity index is 1.71. The Labute approximate surface area is 142 Å². The summed E-state index contributed by atoms with van der Waals surface area (Å²) in [6.07, 6.45) is 1.62. The van der Waals surface area contributed by atoms with Gasteiger partial charge in [-0.05, 0) is 23.4 Å². The van der Waals surface area contributed by atoms with Gasteiger partial charge >= 0.3 is 0 Å². The van der Waals surface area contributed by atoms with Crippen LogP contribution in [0.5, 0.6) is 0 Å². The number of hydrogen-bond acceptors (Lipinski definition) is 3. The Morgan fingerprint density at radius 3 is 2.65 bits per heavy atom. The van der Waals surface area contributed by atoms with Crippen LogP contribution in [-0.4, -0.2) is 34.8 Å². The third-order valence-electron chi connectivity index (χ3n) is 4.50. The Morgan fingerprint density at radius 1 is 1.13 bits per heavy atom. The topological polar surface area (TPSA) is 23.6 Å². The summed E-state index contributed by atoms with van der Waals surface area (Å²) in [6.45, 7) is 5.70. The van der Waals surface area contributed by atoms with E-state index >= 15 is 0 Å². The van der Waals surface area contributed by atoms with Crippen LogP contribution in [0.15, 0.2) is 47.8 Å². The van der Waals surface area contributed by atoms with Crippen molar-refractivity contribution in [3.05, 3.63) is 58.3 Å². The molecule has 2 heterocycles. The molecule has 1 saturated heterocycles. The molecule has 1 amide bonds. The number of rotatable bonds is 5. The van der Waals surface area contributed by atoms with Gasteiger partial charge in [-0.3, -0.25) is 9.69 Å². The molecule has 4 heteroatoms.